The number of hydrogen-bond donors (Lipinski definition) is 1. The molecule has 3 aromatic heterocycles. The molecule has 0 spiro atoms. The highest BCUT2D eigenvalue weighted by Gasteiger charge is 2.38. The number of piperazine rings is 1. The van der Waals surface area contributed by atoms with E-state index in [0.29, 0.717) is 49.1 Å². The first-order valence-corrected chi connectivity index (χ1v) is 11.4. The maximum absolute atomic E-state index is 12.0. The van der Waals surface area contributed by atoms with Crippen molar-refractivity contribution in [1.82, 2.24) is 24.8 Å². The Hall–Kier alpha value is -4.47. The number of amides is 1. The van der Waals surface area contributed by atoms with E-state index >= 15 is 0 Å². The molecule has 2 aliphatic heterocycles. The van der Waals surface area contributed by atoms with Crippen LogP contribution in [0.2, 0.25) is 0 Å². The Morgan fingerprint density at radius 1 is 1.11 bits per heavy atom. The summed E-state index contributed by atoms with van der Waals surface area (Å²) >= 11 is 0. The van der Waals surface area contributed by atoms with Crippen molar-refractivity contribution in [3.8, 4) is 17.1 Å². The van der Waals surface area contributed by atoms with Gasteiger partial charge in [0.15, 0.2) is 5.82 Å². The summed E-state index contributed by atoms with van der Waals surface area (Å²) in [6.07, 6.45) is 4.87. The average Bonchev–Trinajstić information content (AvgIpc) is 3.28. The van der Waals surface area contributed by atoms with Crippen molar-refractivity contribution in [2.45, 2.75) is 6.04 Å². The second-order valence-corrected chi connectivity index (χ2v) is 8.40. The van der Waals surface area contributed by atoms with Gasteiger partial charge in [-0.3, -0.25) is 9.88 Å². The molecule has 5 heterocycles. The lowest BCUT2D eigenvalue weighted by molar-refractivity contribution is 0.157. The second kappa shape index (κ2) is 8.71. The van der Waals surface area contributed by atoms with Gasteiger partial charge in [0.05, 0.1) is 36.4 Å². The molecule has 0 aliphatic carbocycles. The molecule has 1 aromatic carbocycles. The van der Waals surface area contributed by atoms with Gasteiger partial charge < -0.3 is 19.7 Å². The first-order chi connectivity index (χ1) is 17.2. The molecule has 0 saturated carbocycles. The minimum atomic E-state index is -0.250. The minimum absolute atomic E-state index is 0.0138. The molecule has 10 heteroatoms. The molecule has 4 aromatic rings. The van der Waals surface area contributed by atoms with E-state index in [2.05, 4.69) is 20.2 Å². The standard InChI is InChI=1S/C25H23N7O3/c1-34-20-13-26-12-19-22(20)24(31-9-10-32-18(14-31)15-35-25(32)33)30-23(29-19)16-7-8-27-21(11-16)28-17-5-3-2-4-6-17/h2-8,11-13,18H,9-10,14-15H2,1H3,(H,27,28)/t18-/m1/s1. The first kappa shape index (κ1) is 21.1. The molecule has 1 N–H and O–H groups in total. The molecule has 1 atom stereocenters. The van der Waals surface area contributed by atoms with Crippen LogP contribution in [-0.4, -0.2) is 70.3 Å². The lowest BCUT2D eigenvalue weighted by Gasteiger charge is -2.36. The fourth-order valence-corrected chi connectivity index (χ4v) is 4.54. The molecule has 6 rings (SSSR count). The van der Waals surface area contributed by atoms with Crippen LogP contribution in [0, 0.1) is 0 Å². The second-order valence-electron chi connectivity index (χ2n) is 8.40. The van der Waals surface area contributed by atoms with Gasteiger partial charge in [-0.15, -0.1) is 0 Å². The fourth-order valence-electron chi connectivity index (χ4n) is 4.54. The SMILES string of the molecule is COc1cncc2nc(-c3ccnc(Nc4ccccc4)c3)nc(N3CCN4C(=O)OC[C@H]4C3)c12. The summed E-state index contributed by atoms with van der Waals surface area (Å²) in [6, 6.07) is 13.7. The van der Waals surface area contributed by atoms with Crippen molar-refractivity contribution >= 4 is 34.3 Å². The van der Waals surface area contributed by atoms with Gasteiger partial charge in [0, 0.05) is 37.1 Å². The van der Waals surface area contributed by atoms with Gasteiger partial charge in [0.2, 0.25) is 0 Å². The molecular formula is C25H23N7O3. The number of hydrogen-bond acceptors (Lipinski definition) is 9. The van der Waals surface area contributed by atoms with Crippen LogP contribution >= 0.6 is 0 Å². The van der Waals surface area contributed by atoms with Gasteiger partial charge in [0.25, 0.3) is 0 Å². The van der Waals surface area contributed by atoms with Crippen molar-refractivity contribution in [2.24, 2.45) is 0 Å². The highest BCUT2D eigenvalue weighted by atomic mass is 16.6. The van der Waals surface area contributed by atoms with Crippen LogP contribution in [0.15, 0.2) is 61.1 Å². The van der Waals surface area contributed by atoms with Crippen molar-refractivity contribution in [1.29, 1.82) is 0 Å². The van der Waals surface area contributed by atoms with E-state index in [1.54, 1.807) is 30.6 Å². The largest absolute Gasteiger partial charge is 0.494 e. The molecule has 2 fully saturated rings. The van der Waals surface area contributed by atoms with Gasteiger partial charge in [0.1, 0.15) is 24.0 Å². The number of rotatable bonds is 5. The number of cyclic esters (lactones) is 1. The van der Waals surface area contributed by atoms with Crippen molar-refractivity contribution in [2.75, 3.05) is 43.6 Å². The van der Waals surface area contributed by atoms with Gasteiger partial charge in [-0.2, -0.15) is 0 Å². The number of nitrogens with one attached hydrogen (secondary N) is 1. The molecular weight excluding hydrogens is 446 g/mol. The maximum Gasteiger partial charge on any atom is 0.410 e. The number of ether oxygens (including phenoxy) is 2. The van der Waals surface area contributed by atoms with Crippen LogP contribution in [-0.2, 0) is 4.74 Å². The Balaban J connectivity index is 1.42. The Morgan fingerprint density at radius 2 is 2.00 bits per heavy atom. The molecule has 2 aliphatic rings. The number of carbonyl (C=O) groups excluding carboxylic acids is 1. The number of benzene rings is 1. The predicted molar refractivity (Wildman–Crippen MR) is 131 cm³/mol. The quantitative estimate of drug-likeness (QED) is 0.470. The smallest absolute Gasteiger partial charge is 0.410 e. The number of para-hydroxylation sites is 1. The molecule has 0 bridgehead atoms. The van der Waals surface area contributed by atoms with Gasteiger partial charge in [-0.05, 0) is 24.3 Å². The normalized spacial score (nSPS) is 17.3. The number of carbonyl (C=O) groups is 1. The number of pyridine rings is 2. The summed E-state index contributed by atoms with van der Waals surface area (Å²) in [5.74, 6) is 2.60. The molecule has 2 saturated heterocycles. The molecule has 35 heavy (non-hydrogen) atoms. The van der Waals surface area contributed by atoms with Gasteiger partial charge >= 0.3 is 6.09 Å². The third kappa shape index (κ3) is 3.92. The van der Waals surface area contributed by atoms with E-state index in [9.17, 15) is 4.79 Å². The monoisotopic (exact) mass is 469 g/mol. The number of nitrogens with zero attached hydrogens (tertiary/aromatic N) is 6. The maximum atomic E-state index is 12.0. The summed E-state index contributed by atoms with van der Waals surface area (Å²) in [5.41, 5.74) is 2.44. The van der Waals surface area contributed by atoms with Gasteiger partial charge in [-0.1, -0.05) is 18.2 Å². The van der Waals surface area contributed by atoms with Crippen LogP contribution in [0.1, 0.15) is 0 Å². The zero-order chi connectivity index (χ0) is 23.8. The number of fused-ring (bicyclic) bond motifs is 2. The van der Waals surface area contributed by atoms with Crippen LogP contribution in [0.5, 0.6) is 5.75 Å². The summed E-state index contributed by atoms with van der Waals surface area (Å²) in [7, 11) is 1.61. The molecule has 0 unspecified atom stereocenters. The Labute approximate surface area is 201 Å². The third-order valence-corrected chi connectivity index (χ3v) is 6.25. The highest BCUT2D eigenvalue weighted by Crippen LogP contribution is 2.35. The van der Waals surface area contributed by atoms with Crippen LogP contribution in [0.3, 0.4) is 0 Å². The Bertz CT molecular complexity index is 1400. The van der Waals surface area contributed by atoms with Crippen LogP contribution in [0.4, 0.5) is 22.1 Å². The van der Waals surface area contributed by atoms with Crippen molar-refractivity contribution in [3.63, 3.8) is 0 Å². The number of methoxy groups -OCH3 is 1. The summed E-state index contributed by atoms with van der Waals surface area (Å²) in [6.45, 7) is 2.18. The third-order valence-electron chi connectivity index (χ3n) is 6.25. The first-order valence-electron chi connectivity index (χ1n) is 11.4. The predicted octanol–water partition coefficient (Wildman–Crippen LogP) is 3.48. The van der Waals surface area contributed by atoms with E-state index in [0.717, 1.165) is 22.5 Å². The zero-order valence-corrected chi connectivity index (χ0v) is 19.1. The number of aromatic nitrogens is 4. The van der Waals surface area contributed by atoms with E-state index in [1.165, 1.54) is 0 Å². The van der Waals surface area contributed by atoms with Crippen LogP contribution < -0.4 is 15.0 Å². The van der Waals surface area contributed by atoms with E-state index < -0.39 is 0 Å². The average molecular weight is 470 g/mol. The topological polar surface area (TPSA) is 106 Å². The highest BCUT2D eigenvalue weighted by molar-refractivity contribution is 5.95. The fraction of sp³-hybridized carbons (Fsp3) is 0.240. The minimum Gasteiger partial charge on any atom is -0.494 e. The van der Waals surface area contributed by atoms with Crippen LogP contribution in [0.25, 0.3) is 22.3 Å². The van der Waals surface area contributed by atoms with Gasteiger partial charge in [-0.25, -0.2) is 19.7 Å². The molecule has 176 valence electrons. The Morgan fingerprint density at radius 3 is 2.86 bits per heavy atom. The van der Waals surface area contributed by atoms with Crippen molar-refractivity contribution < 1.29 is 14.3 Å². The summed E-state index contributed by atoms with van der Waals surface area (Å²) in [4.78, 5) is 34.5. The van der Waals surface area contributed by atoms with E-state index in [-0.39, 0.29) is 12.1 Å². The summed E-state index contributed by atoms with van der Waals surface area (Å²) < 4.78 is 10.9. The molecule has 1 amide bonds. The van der Waals surface area contributed by atoms with E-state index in [4.69, 9.17) is 19.4 Å². The molecule has 10 nitrogen and oxygen atoms in total. The lowest BCUT2D eigenvalue weighted by Crippen LogP contribution is -2.52. The number of anilines is 3. The van der Waals surface area contributed by atoms with E-state index in [1.807, 2.05) is 42.5 Å². The Kier molecular flexibility index (Phi) is 5.25. The van der Waals surface area contributed by atoms with Crippen molar-refractivity contribution in [3.05, 3.63) is 61.1 Å². The zero-order valence-electron chi connectivity index (χ0n) is 19.1. The lowest BCUT2D eigenvalue weighted by atomic mass is 10.1. The molecule has 0 radical (unpaired) electrons. The summed E-state index contributed by atoms with van der Waals surface area (Å²) in [5, 5.41) is 4.11.